The van der Waals surface area contributed by atoms with Crippen molar-refractivity contribution in [2.45, 2.75) is 50.6 Å². The van der Waals surface area contributed by atoms with E-state index in [9.17, 15) is 4.79 Å². The molecule has 1 saturated carbocycles. The summed E-state index contributed by atoms with van der Waals surface area (Å²) in [7, 11) is 0. The predicted molar refractivity (Wildman–Crippen MR) is 74.8 cm³/mol. The van der Waals surface area contributed by atoms with Gasteiger partial charge in [0.05, 0.1) is 0 Å². The third-order valence-corrected chi connectivity index (χ3v) is 4.31. The number of aryl methyl sites for hydroxylation is 2. The topological polar surface area (TPSA) is 88.5 Å². The van der Waals surface area contributed by atoms with Crippen LogP contribution in [0.15, 0.2) is 12.4 Å². The highest BCUT2D eigenvalue weighted by molar-refractivity contribution is 5.92. The summed E-state index contributed by atoms with van der Waals surface area (Å²) in [6, 6.07) is 2.05. The van der Waals surface area contributed by atoms with Crippen LogP contribution >= 0.6 is 0 Å². The molecule has 0 spiro atoms. The van der Waals surface area contributed by atoms with Crippen molar-refractivity contribution in [3.63, 3.8) is 0 Å². The summed E-state index contributed by atoms with van der Waals surface area (Å²) in [5.41, 5.74) is 1.59. The highest BCUT2D eigenvalue weighted by atomic mass is 16.2. The molecule has 21 heavy (non-hydrogen) atoms. The number of hydrogen-bond donors (Lipinski definition) is 2. The Labute approximate surface area is 122 Å². The molecular formula is C14H18N6O. The maximum absolute atomic E-state index is 12.3. The summed E-state index contributed by atoms with van der Waals surface area (Å²) in [5.74, 6) is 1.50. The molecule has 1 aliphatic heterocycles. The van der Waals surface area contributed by atoms with E-state index in [-0.39, 0.29) is 11.9 Å². The number of nitrogens with zero attached hydrogens (tertiary/aromatic N) is 4. The first-order valence-electron chi connectivity index (χ1n) is 7.52. The molecule has 2 aromatic heterocycles. The third kappa shape index (κ3) is 2.55. The van der Waals surface area contributed by atoms with E-state index in [2.05, 4.69) is 30.3 Å². The number of nitrogens with one attached hydrogen (secondary N) is 2. The van der Waals surface area contributed by atoms with Crippen LogP contribution < -0.4 is 5.32 Å². The predicted octanol–water partition coefficient (Wildman–Crippen LogP) is 1.01. The van der Waals surface area contributed by atoms with Crippen LogP contribution in [0, 0.1) is 0 Å². The second-order valence-corrected chi connectivity index (χ2v) is 5.92. The molecule has 0 aromatic carbocycles. The molecule has 4 rings (SSSR count). The largest absolute Gasteiger partial charge is 0.348 e. The maximum Gasteiger partial charge on any atom is 0.271 e. The average molecular weight is 286 g/mol. The molecule has 2 aromatic rings. The van der Waals surface area contributed by atoms with Gasteiger partial charge in [0.15, 0.2) is 0 Å². The fourth-order valence-corrected chi connectivity index (χ4v) is 2.86. The minimum Gasteiger partial charge on any atom is -0.348 e. The van der Waals surface area contributed by atoms with E-state index in [0.29, 0.717) is 11.6 Å². The molecule has 0 bridgehead atoms. The molecule has 7 nitrogen and oxygen atoms in total. The lowest BCUT2D eigenvalue weighted by Gasteiger charge is -2.14. The summed E-state index contributed by atoms with van der Waals surface area (Å²) in [4.78, 5) is 12.3. The van der Waals surface area contributed by atoms with Crippen molar-refractivity contribution in [2.24, 2.45) is 0 Å². The monoisotopic (exact) mass is 286 g/mol. The second-order valence-electron chi connectivity index (χ2n) is 5.92. The van der Waals surface area contributed by atoms with E-state index >= 15 is 0 Å². The van der Waals surface area contributed by atoms with Crippen LogP contribution in [0.1, 0.15) is 53.6 Å². The van der Waals surface area contributed by atoms with Gasteiger partial charge in [0, 0.05) is 30.6 Å². The number of carbonyl (C=O) groups is 1. The van der Waals surface area contributed by atoms with Gasteiger partial charge in [0.2, 0.25) is 0 Å². The summed E-state index contributed by atoms with van der Waals surface area (Å²) in [6.45, 7) is 0.848. The van der Waals surface area contributed by atoms with Gasteiger partial charge in [-0.3, -0.25) is 9.89 Å². The smallest absolute Gasteiger partial charge is 0.271 e. The number of carbonyl (C=O) groups excluding carboxylic acids is 1. The van der Waals surface area contributed by atoms with Crippen LogP contribution in [0.5, 0.6) is 0 Å². The van der Waals surface area contributed by atoms with Crippen molar-refractivity contribution < 1.29 is 4.79 Å². The van der Waals surface area contributed by atoms with Crippen LogP contribution in [-0.4, -0.2) is 36.9 Å². The lowest BCUT2D eigenvalue weighted by atomic mass is 10.1. The van der Waals surface area contributed by atoms with Gasteiger partial charge < -0.3 is 9.88 Å². The Morgan fingerprint density at radius 1 is 1.33 bits per heavy atom. The zero-order valence-electron chi connectivity index (χ0n) is 11.7. The van der Waals surface area contributed by atoms with Crippen molar-refractivity contribution >= 4 is 5.91 Å². The highest BCUT2D eigenvalue weighted by Crippen LogP contribution is 2.38. The Morgan fingerprint density at radius 3 is 3.10 bits per heavy atom. The Hall–Kier alpha value is -2.18. The lowest BCUT2D eigenvalue weighted by Crippen LogP contribution is -2.35. The zero-order valence-corrected chi connectivity index (χ0v) is 11.7. The molecule has 2 aliphatic rings. The van der Waals surface area contributed by atoms with Crippen LogP contribution in [0.4, 0.5) is 0 Å². The van der Waals surface area contributed by atoms with Gasteiger partial charge in [0.1, 0.15) is 17.8 Å². The number of amides is 1. The quantitative estimate of drug-likeness (QED) is 0.881. The van der Waals surface area contributed by atoms with Crippen LogP contribution in [0.2, 0.25) is 0 Å². The van der Waals surface area contributed by atoms with E-state index in [1.54, 1.807) is 6.33 Å². The molecule has 1 fully saturated rings. The van der Waals surface area contributed by atoms with Crippen molar-refractivity contribution in [3.05, 3.63) is 29.6 Å². The Balaban J connectivity index is 1.38. The van der Waals surface area contributed by atoms with Gasteiger partial charge in [-0.15, -0.1) is 10.2 Å². The van der Waals surface area contributed by atoms with E-state index in [1.807, 2.05) is 6.07 Å². The molecule has 3 heterocycles. The van der Waals surface area contributed by atoms with Crippen molar-refractivity contribution in [1.82, 2.24) is 30.3 Å². The van der Waals surface area contributed by atoms with Crippen LogP contribution in [0.25, 0.3) is 0 Å². The molecule has 1 aliphatic carbocycles. The Kier molecular flexibility index (Phi) is 2.98. The number of hydrogen-bond acceptors (Lipinski definition) is 4. The van der Waals surface area contributed by atoms with E-state index in [0.717, 1.165) is 37.3 Å². The van der Waals surface area contributed by atoms with Crippen molar-refractivity contribution in [1.29, 1.82) is 0 Å². The van der Waals surface area contributed by atoms with Gasteiger partial charge >= 0.3 is 0 Å². The van der Waals surface area contributed by atoms with Crippen molar-refractivity contribution in [3.8, 4) is 0 Å². The van der Waals surface area contributed by atoms with Gasteiger partial charge in [-0.1, -0.05) is 0 Å². The maximum atomic E-state index is 12.3. The normalized spacial score (nSPS) is 21.6. The molecule has 2 N–H and O–H groups in total. The van der Waals surface area contributed by atoms with E-state index in [1.165, 1.54) is 12.8 Å². The molecule has 1 atom stereocenters. The minimum atomic E-state index is -0.0826. The first kappa shape index (κ1) is 12.6. The number of aromatic nitrogens is 5. The van der Waals surface area contributed by atoms with Gasteiger partial charge in [0.25, 0.3) is 5.91 Å². The molecule has 110 valence electrons. The van der Waals surface area contributed by atoms with Gasteiger partial charge in [-0.05, 0) is 31.7 Å². The standard InChI is InChI=1S/C14H18N6O/c21-14(12-7-11(17-18-12)9-1-2-9)16-10-3-4-13-19-15-8-20(13)6-5-10/h7-10H,1-6H2,(H,16,21)(H,17,18). The molecule has 0 radical (unpaired) electrons. The average Bonchev–Trinajstić information content (AvgIpc) is 3.10. The highest BCUT2D eigenvalue weighted by Gasteiger charge is 2.27. The molecule has 7 heteroatoms. The Bertz CT molecular complexity index is 633. The number of H-pyrrole nitrogens is 1. The van der Waals surface area contributed by atoms with Crippen LogP contribution in [0.3, 0.4) is 0 Å². The van der Waals surface area contributed by atoms with Crippen LogP contribution in [-0.2, 0) is 13.0 Å². The molecule has 1 unspecified atom stereocenters. The second kappa shape index (κ2) is 4.98. The number of rotatable bonds is 3. The zero-order chi connectivity index (χ0) is 14.2. The third-order valence-electron chi connectivity index (χ3n) is 4.31. The van der Waals surface area contributed by atoms with E-state index < -0.39 is 0 Å². The number of fused-ring (bicyclic) bond motifs is 1. The SMILES string of the molecule is O=C(NC1CCc2nncn2CC1)c1cc(C2CC2)[nH]n1. The Morgan fingerprint density at radius 2 is 2.24 bits per heavy atom. The summed E-state index contributed by atoms with van der Waals surface area (Å²) < 4.78 is 2.06. The summed E-state index contributed by atoms with van der Waals surface area (Å²) >= 11 is 0. The fraction of sp³-hybridized carbons (Fsp3) is 0.571. The molecule has 0 saturated heterocycles. The van der Waals surface area contributed by atoms with Gasteiger partial charge in [-0.25, -0.2) is 0 Å². The summed E-state index contributed by atoms with van der Waals surface area (Å²) in [5, 5.41) is 18.2. The number of aromatic amines is 1. The minimum absolute atomic E-state index is 0.0826. The lowest BCUT2D eigenvalue weighted by molar-refractivity contribution is 0.0928. The van der Waals surface area contributed by atoms with Gasteiger partial charge in [-0.2, -0.15) is 5.10 Å². The summed E-state index contributed by atoms with van der Waals surface area (Å²) in [6.07, 6.45) is 6.80. The fourth-order valence-electron chi connectivity index (χ4n) is 2.86. The van der Waals surface area contributed by atoms with Crippen molar-refractivity contribution in [2.75, 3.05) is 0 Å². The molecule has 1 amide bonds. The van der Waals surface area contributed by atoms with E-state index in [4.69, 9.17) is 0 Å². The first-order valence-corrected chi connectivity index (χ1v) is 7.52. The first-order chi connectivity index (χ1) is 10.3. The molecular weight excluding hydrogens is 268 g/mol.